The molecule has 1 unspecified atom stereocenters. The molecule has 2 amide bonds. The third kappa shape index (κ3) is 7.68. The summed E-state index contributed by atoms with van der Waals surface area (Å²) < 4.78 is 29.3. The Morgan fingerprint density at radius 3 is 2.18 bits per heavy atom. The third-order valence-electron chi connectivity index (χ3n) is 6.20. The number of anilines is 1. The number of rotatable bonds is 12. The minimum Gasteiger partial charge on any atom is -0.354 e. The molecular formula is C29H34BrN3O4S. The summed E-state index contributed by atoms with van der Waals surface area (Å²) in [4.78, 5) is 28.3. The van der Waals surface area contributed by atoms with Crippen molar-refractivity contribution in [3.05, 3.63) is 94.5 Å². The second-order valence-electron chi connectivity index (χ2n) is 9.13. The highest BCUT2D eigenvalue weighted by molar-refractivity contribution is 9.10. The average Bonchev–Trinajstić information content (AvgIpc) is 2.92. The highest BCUT2D eigenvalue weighted by atomic mass is 79.9. The van der Waals surface area contributed by atoms with Crippen LogP contribution in [0.3, 0.4) is 0 Å². The number of nitrogens with one attached hydrogen (secondary N) is 1. The third-order valence-corrected chi connectivity index (χ3v) is 8.51. The van der Waals surface area contributed by atoms with Crippen LogP contribution in [0.1, 0.15) is 37.8 Å². The number of carbonyl (C=O) groups is 2. The lowest BCUT2D eigenvalue weighted by molar-refractivity contribution is -0.139. The number of hydrogen-bond acceptors (Lipinski definition) is 4. The molecular weight excluding hydrogens is 566 g/mol. The molecule has 38 heavy (non-hydrogen) atoms. The summed E-state index contributed by atoms with van der Waals surface area (Å²) in [6.45, 7) is 5.90. The van der Waals surface area contributed by atoms with E-state index in [4.69, 9.17) is 0 Å². The number of sulfonamides is 1. The van der Waals surface area contributed by atoms with Crippen molar-refractivity contribution >= 4 is 43.5 Å². The Balaban J connectivity index is 1.97. The molecule has 0 saturated carbocycles. The van der Waals surface area contributed by atoms with Gasteiger partial charge in [0, 0.05) is 17.6 Å². The standard InChI is InChI=1S/C29H34BrN3O4S/c1-4-5-19-31-29(35)23(3)32(20-24-13-11-22(2)12-14-24)28(34)21-33(26-17-15-25(30)16-18-26)38(36,37)27-9-7-6-8-10-27/h6-18,23H,4-5,19-21H2,1-3H3,(H,31,35). The van der Waals surface area contributed by atoms with Crippen LogP contribution in [-0.4, -0.2) is 44.3 Å². The Labute approximate surface area is 234 Å². The van der Waals surface area contributed by atoms with Crippen LogP contribution in [-0.2, 0) is 26.2 Å². The van der Waals surface area contributed by atoms with Crippen molar-refractivity contribution in [1.29, 1.82) is 0 Å². The predicted octanol–water partition coefficient (Wildman–Crippen LogP) is 5.29. The fraction of sp³-hybridized carbons (Fsp3) is 0.310. The van der Waals surface area contributed by atoms with Gasteiger partial charge < -0.3 is 10.2 Å². The molecule has 0 aliphatic carbocycles. The fourth-order valence-electron chi connectivity index (χ4n) is 3.86. The largest absolute Gasteiger partial charge is 0.354 e. The molecule has 0 bridgehead atoms. The first kappa shape index (κ1) is 29.4. The summed E-state index contributed by atoms with van der Waals surface area (Å²) in [5.41, 5.74) is 2.27. The number of halogens is 1. The molecule has 0 aromatic heterocycles. The molecule has 0 aliphatic heterocycles. The SMILES string of the molecule is CCCCNC(=O)C(C)N(Cc1ccc(C)cc1)C(=O)CN(c1ccc(Br)cc1)S(=O)(=O)c1ccccc1. The van der Waals surface area contributed by atoms with Crippen LogP contribution in [0.2, 0.25) is 0 Å². The first-order chi connectivity index (χ1) is 18.1. The van der Waals surface area contributed by atoms with E-state index in [1.165, 1.54) is 17.0 Å². The highest BCUT2D eigenvalue weighted by Gasteiger charge is 2.32. The average molecular weight is 601 g/mol. The minimum absolute atomic E-state index is 0.0751. The zero-order chi connectivity index (χ0) is 27.7. The summed E-state index contributed by atoms with van der Waals surface area (Å²) in [7, 11) is -4.07. The van der Waals surface area contributed by atoms with Crippen molar-refractivity contribution in [3.8, 4) is 0 Å². The van der Waals surface area contributed by atoms with Crippen molar-refractivity contribution in [2.24, 2.45) is 0 Å². The molecule has 0 spiro atoms. The van der Waals surface area contributed by atoms with Crippen molar-refractivity contribution in [2.75, 3.05) is 17.4 Å². The van der Waals surface area contributed by atoms with Crippen LogP contribution in [0.15, 0.2) is 88.2 Å². The van der Waals surface area contributed by atoms with Crippen molar-refractivity contribution in [3.63, 3.8) is 0 Å². The van der Waals surface area contributed by atoms with Gasteiger partial charge in [0.05, 0.1) is 10.6 Å². The first-order valence-corrected chi connectivity index (χ1v) is 14.8. The van der Waals surface area contributed by atoms with Crippen LogP contribution in [0, 0.1) is 6.92 Å². The molecule has 3 rings (SSSR count). The van der Waals surface area contributed by atoms with Gasteiger partial charge in [-0.3, -0.25) is 13.9 Å². The quantitative estimate of drug-likeness (QED) is 0.287. The van der Waals surface area contributed by atoms with Crippen LogP contribution in [0.5, 0.6) is 0 Å². The Hall–Kier alpha value is -3.17. The molecule has 9 heteroatoms. The van der Waals surface area contributed by atoms with E-state index in [1.54, 1.807) is 49.4 Å². The molecule has 1 atom stereocenters. The molecule has 1 N–H and O–H groups in total. The Morgan fingerprint density at radius 1 is 0.947 bits per heavy atom. The van der Waals surface area contributed by atoms with Gasteiger partial charge in [-0.05, 0) is 62.2 Å². The highest BCUT2D eigenvalue weighted by Crippen LogP contribution is 2.26. The lowest BCUT2D eigenvalue weighted by Crippen LogP contribution is -2.51. The zero-order valence-corrected chi connectivity index (χ0v) is 24.3. The van der Waals surface area contributed by atoms with E-state index in [0.29, 0.717) is 12.2 Å². The second kappa shape index (κ2) is 13.6. The smallest absolute Gasteiger partial charge is 0.264 e. The van der Waals surface area contributed by atoms with Gasteiger partial charge in [-0.2, -0.15) is 0 Å². The molecule has 0 fully saturated rings. The Bertz CT molecular complexity index is 1310. The van der Waals surface area contributed by atoms with E-state index in [1.807, 2.05) is 38.1 Å². The maximum absolute atomic E-state index is 13.8. The van der Waals surface area contributed by atoms with Crippen LogP contribution < -0.4 is 9.62 Å². The summed E-state index contributed by atoms with van der Waals surface area (Å²) in [5, 5.41) is 2.89. The van der Waals surface area contributed by atoms with E-state index in [-0.39, 0.29) is 17.3 Å². The van der Waals surface area contributed by atoms with E-state index in [2.05, 4.69) is 21.2 Å². The van der Waals surface area contributed by atoms with Crippen molar-refractivity contribution in [1.82, 2.24) is 10.2 Å². The van der Waals surface area contributed by atoms with Gasteiger partial charge in [0.15, 0.2) is 0 Å². The molecule has 0 saturated heterocycles. The molecule has 3 aromatic carbocycles. The summed E-state index contributed by atoms with van der Waals surface area (Å²) in [6, 6.07) is 21.6. The van der Waals surface area contributed by atoms with Gasteiger partial charge in [-0.25, -0.2) is 8.42 Å². The van der Waals surface area contributed by atoms with Gasteiger partial charge in [0.1, 0.15) is 12.6 Å². The van der Waals surface area contributed by atoms with Gasteiger partial charge in [-0.1, -0.05) is 77.3 Å². The maximum Gasteiger partial charge on any atom is 0.264 e. The number of unbranched alkanes of at least 4 members (excludes halogenated alkanes) is 1. The molecule has 202 valence electrons. The lowest BCUT2D eigenvalue weighted by Gasteiger charge is -2.32. The number of amides is 2. The minimum atomic E-state index is -4.07. The number of carbonyl (C=O) groups excluding carboxylic acids is 2. The van der Waals surface area contributed by atoms with E-state index < -0.39 is 28.5 Å². The van der Waals surface area contributed by atoms with Gasteiger partial charge in [0.25, 0.3) is 10.0 Å². The predicted molar refractivity (Wildman–Crippen MR) is 154 cm³/mol. The summed E-state index contributed by atoms with van der Waals surface area (Å²) in [6.07, 6.45) is 1.76. The lowest BCUT2D eigenvalue weighted by atomic mass is 10.1. The zero-order valence-electron chi connectivity index (χ0n) is 21.9. The van der Waals surface area contributed by atoms with Crippen LogP contribution in [0.25, 0.3) is 0 Å². The van der Waals surface area contributed by atoms with Crippen molar-refractivity contribution < 1.29 is 18.0 Å². The van der Waals surface area contributed by atoms with E-state index in [9.17, 15) is 18.0 Å². The summed E-state index contributed by atoms with van der Waals surface area (Å²) in [5.74, 6) is -0.758. The molecule has 0 heterocycles. The van der Waals surface area contributed by atoms with Crippen molar-refractivity contribution in [2.45, 2.75) is 51.1 Å². The van der Waals surface area contributed by atoms with Crippen LogP contribution >= 0.6 is 15.9 Å². The topological polar surface area (TPSA) is 86.8 Å². The summed E-state index contributed by atoms with van der Waals surface area (Å²) >= 11 is 3.38. The Kier molecular flexibility index (Phi) is 10.5. The normalized spacial score (nSPS) is 12.0. The first-order valence-electron chi connectivity index (χ1n) is 12.6. The molecule has 3 aromatic rings. The van der Waals surface area contributed by atoms with Gasteiger partial charge >= 0.3 is 0 Å². The van der Waals surface area contributed by atoms with E-state index in [0.717, 1.165) is 32.7 Å². The number of hydrogen-bond donors (Lipinski definition) is 1. The fourth-order valence-corrected chi connectivity index (χ4v) is 5.56. The molecule has 0 aliphatic rings. The van der Waals surface area contributed by atoms with Crippen LogP contribution in [0.4, 0.5) is 5.69 Å². The monoisotopic (exact) mass is 599 g/mol. The Morgan fingerprint density at radius 2 is 1.58 bits per heavy atom. The molecule has 0 radical (unpaired) electrons. The number of benzene rings is 3. The molecule has 7 nitrogen and oxygen atoms in total. The van der Waals surface area contributed by atoms with Gasteiger partial charge in [0.2, 0.25) is 11.8 Å². The number of nitrogens with zero attached hydrogens (tertiary/aromatic N) is 2. The second-order valence-corrected chi connectivity index (χ2v) is 11.9. The van der Waals surface area contributed by atoms with E-state index >= 15 is 0 Å². The maximum atomic E-state index is 13.8. The number of aryl methyl sites for hydroxylation is 1. The van der Waals surface area contributed by atoms with Gasteiger partial charge in [-0.15, -0.1) is 0 Å².